The van der Waals surface area contributed by atoms with Crippen LogP contribution in [0.4, 0.5) is 0 Å². The first kappa shape index (κ1) is 11.3. The highest BCUT2D eigenvalue weighted by atomic mass is 16.4. The Kier molecular flexibility index (Phi) is 2.44. The highest BCUT2D eigenvalue weighted by Gasteiger charge is 2.41. The number of carboxylic acid groups (broad SMARTS) is 1. The number of hydrogen-bond donors (Lipinski definition) is 1. The number of carboxylic acids is 1. The summed E-state index contributed by atoms with van der Waals surface area (Å²) in [7, 11) is 2.03. The molecular weight excluding hydrogens is 226 g/mol. The molecule has 2 aromatic rings. The average Bonchev–Trinajstić information content (AvgIpc) is 2.66. The van der Waals surface area contributed by atoms with E-state index in [2.05, 4.69) is 22.8 Å². The Morgan fingerprint density at radius 1 is 1.39 bits per heavy atom. The third-order valence-corrected chi connectivity index (χ3v) is 4.27. The fourth-order valence-electron chi connectivity index (χ4n) is 3.22. The van der Waals surface area contributed by atoms with Crippen molar-refractivity contribution in [2.75, 3.05) is 0 Å². The number of hydrogen-bond acceptors (Lipinski definition) is 1. The molecule has 0 bridgehead atoms. The van der Waals surface area contributed by atoms with E-state index in [0.717, 1.165) is 19.3 Å². The van der Waals surface area contributed by atoms with Gasteiger partial charge in [0.05, 0.1) is 11.9 Å². The van der Waals surface area contributed by atoms with Crippen molar-refractivity contribution in [3.8, 4) is 0 Å². The predicted molar refractivity (Wildman–Crippen MR) is 70.7 cm³/mol. The molecule has 1 fully saturated rings. The molecular formula is C15H17NO2. The van der Waals surface area contributed by atoms with Gasteiger partial charge in [-0.3, -0.25) is 4.79 Å². The molecule has 0 radical (unpaired) electrons. The molecule has 0 spiro atoms. The predicted octanol–water partition coefficient (Wildman–Crippen LogP) is 3.07. The summed E-state index contributed by atoms with van der Waals surface area (Å²) < 4.78 is 2.10. The molecule has 1 aliphatic rings. The van der Waals surface area contributed by atoms with E-state index in [1.165, 1.54) is 16.5 Å². The van der Waals surface area contributed by atoms with Gasteiger partial charge in [0.1, 0.15) is 0 Å². The first-order chi connectivity index (χ1) is 8.62. The van der Waals surface area contributed by atoms with Gasteiger partial charge in [-0.25, -0.2) is 0 Å². The lowest BCUT2D eigenvalue weighted by atomic mass is 9.62. The van der Waals surface area contributed by atoms with Crippen molar-refractivity contribution in [3.05, 3.63) is 36.0 Å². The van der Waals surface area contributed by atoms with E-state index in [1.54, 1.807) is 0 Å². The molecule has 1 heterocycles. The highest BCUT2D eigenvalue weighted by molar-refractivity contribution is 5.85. The molecule has 1 aromatic heterocycles. The number of nitrogens with zero attached hydrogens (tertiary/aromatic N) is 1. The summed E-state index contributed by atoms with van der Waals surface area (Å²) in [5, 5.41) is 10.4. The smallest absolute Gasteiger partial charge is 0.304 e. The molecule has 3 rings (SSSR count). The largest absolute Gasteiger partial charge is 0.481 e. The van der Waals surface area contributed by atoms with Crippen LogP contribution in [0.1, 0.15) is 31.2 Å². The summed E-state index contributed by atoms with van der Waals surface area (Å²) in [6, 6.07) is 8.32. The Morgan fingerprint density at radius 3 is 2.78 bits per heavy atom. The third-order valence-electron chi connectivity index (χ3n) is 4.27. The van der Waals surface area contributed by atoms with Gasteiger partial charge in [-0.15, -0.1) is 0 Å². The average molecular weight is 243 g/mol. The summed E-state index contributed by atoms with van der Waals surface area (Å²) >= 11 is 0. The maximum atomic E-state index is 11.1. The standard InChI is InChI=1S/C15H17NO2/c1-16-9-6-11-4-2-5-12(14(11)16)15(7-3-8-15)10-13(17)18/h2,4-6,9H,3,7-8,10H2,1H3,(H,17,18). The van der Waals surface area contributed by atoms with Gasteiger partial charge in [0.25, 0.3) is 0 Å². The zero-order chi connectivity index (χ0) is 12.8. The quantitative estimate of drug-likeness (QED) is 0.900. The molecule has 0 saturated heterocycles. The van der Waals surface area contributed by atoms with Gasteiger partial charge in [-0.2, -0.15) is 0 Å². The second-order valence-corrected chi connectivity index (χ2v) is 5.37. The van der Waals surface area contributed by atoms with Gasteiger partial charge in [-0.05, 0) is 29.9 Å². The van der Waals surface area contributed by atoms with E-state index in [4.69, 9.17) is 5.11 Å². The van der Waals surface area contributed by atoms with Crippen molar-refractivity contribution >= 4 is 16.9 Å². The van der Waals surface area contributed by atoms with E-state index < -0.39 is 5.97 Å². The van der Waals surface area contributed by atoms with Gasteiger partial charge >= 0.3 is 5.97 Å². The van der Waals surface area contributed by atoms with Gasteiger partial charge in [0.15, 0.2) is 0 Å². The SMILES string of the molecule is Cn1ccc2cccc(C3(CC(=O)O)CCC3)c21. The molecule has 0 atom stereocenters. The Balaban J connectivity index is 2.18. The van der Waals surface area contributed by atoms with Crippen LogP contribution in [0.25, 0.3) is 10.9 Å². The van der Waals surface area contributed by atoms with Crippen LogP contribution in [0.5, 0.6) is 0 Å². The minimum Gasteiger partial charge on any atom is -0.481 e. The van der Waals surface area contributed by atoms with Crippen LogP contribution < -0.4 is 0 Å². The Labute approximate surface area is 106 Å². The normalized spacial score (nSPS) is 17.6. The maximum absolute atomic E-state index is 11.1. The van der Waals surface area contributed by atoms with E-state index >= 15 is 0 Å². The van der Waals surface area contributed by atoms with Crippen LogP contribution in [-0.2, 0) is 17.3 Å². The van der Waals surface area contributed by atoms with Crippen molar-refractivity contribution in [2.45, 2.75) is 31.1 Å². The summed E-state index contributed by atoms with van der Waals surface area (Å²) in [6.07, 6.45) is 5.40. The number of fused-ring (bicyclic) bond motifs is 1. The van der Waals surface area contributed by atoms with E-state index in [9.17, 15) is 4.79 Å². The zero-order valence-corrected chi connectivity index (χ0v) is 10.5. The summed E-state index contributed by atoms with van der Waals surface area (Å²) in [5.74, 6) is -0.694. The molecule has 3 heteroatoms. The number of rotatable bonds is 3. The fraction of sp³-hybridized carbons (Fsp3) is 0.400. The van der Waals surface area contributed by atoms with Crippen molar-refractivity contribution in [3.63, 3.8) is 0 Å². The molecule has 1 aromatic carbocycles. The molecule has 18 heavy (non-hydrogen) atoms. The lowest BCUT2D eigenvalue weighted by Gasteiger charge is -2.41. The Hall–Kier alpha value is -1.77. The lowest BCUT2D eigenvalue weighted by Crippen LogP contribution is -2.37. The minimum absolute atomic E-state index is 0.141. The second kappa shape index (κ2) is 3.87. The number of benzene rings is 1. The first-order valence-corrected chi connectivity index (χ1v) is 6.39. The molecule has 94 valence electrons. The zero-order valence-electron chi connectivity index (χ0n) is 10.5. The van der Waals surface area contributed by atoms with Crippen molar-refractivity contribution in [2.24, 2.45) is 7.05 Å². The number of aliphatic carboxylic acids is 1. The van der Waals surface area contributed by atoms with Gasteiger partial charge in [0.2, 0.25) is 0 Å². The topological polar surface area (TPSA) is 42.2 Å². The van der Waals surface area contributed by atoms with Crippen LogP contribution in [-0.4, -0.2) is 15.6 Å². The summed E-state index contributed by atoms with van der Waals surface area (Å²) in [5.41, 5.74) is 2.26. The first-order valence-electron chi connectivity index (χ1n) is 6.39. The van der Waals surface area contributed by atoms with Crippen LogP contribution in [0.15, 0.2) is 30.5 Å². The van der Waals surface area contributed by atoms with Gasteiger partial charge in [0, 0.05) is 18.7 Å². The number of carbonyl (C=O) groups is 1. The highest BCUT2D eigenvalue weighted by Crippen LogP contribution is 2.48. The summed E-state index contributed by atoms with van der Waals surface area (Å²) in [6.45, 7) is 0. The molecule has 0 unspecified atom stereocenters. The maximum Gasteiger partial charge on any atom is 0.304 e. The van der Waals surface area contributed by atoms with Crippen molar-refractivity contribution < 1.29 is 9.90 Å². The van der Waals surface area contributed by atoms with Gasteiger partial charge in [-0.1, -0.05) is 24.6 Å². The number of aromatic nitrogens is 1. The monoisotopic (exact) mass is 243 g/mol. The Bertz CT molecular complexity index is 608. The molecule has 3 nitrogen and oxygen atoms in total. The van der Waals surface area contributed by atoms with E-state index in [0.29, 0.717) is 0 Å². The fourth-order valence-corrected chi connectivity index (χ4v) is 3.22. The van der Waals surface area contributed by atoms with Crippen molar-refractivity contribution in [1.82, 2.24) is 4.57 Å². The number of para-hydroxylation sites is 1. The number of aryl methyl sites for hydroxylation is 1. The minimum atomic E-state index is -0.694. The van der Waals surface area contributed by atoms with Crippen LogP contribution in [0.3, 0.4) is 0 Å². The molecule has 1 N–H and O–H groups in total. The molecule has 0 aliphatic heterocycles. The van der Waals surface area contributed by atoms with Gasteiger partial charge < -0.3 is 9.67 Å². The van der Waals surface area contributed by atoms with Crippen LogP contribution >= 0.6 is 0 Å². The molecule has 0 amide bonds. The van der Waals surface area contributed by atoms with Crippen LogP contribution in [0, 0.1) is 0 Å². The lowest BCUT2D eigenvalue weighted by molar-refractivity contribution is -0.139. The third kappa shape index (κ3) is 1.54. The van der Waals surface area contributed by atoms with E-state index in [1.807, 2.05) is 19.3 Å². The van der Waals surface area contributed by atoms with Crippen molar-refractivity contribution in [1.29, 1.82) is 0 Å². The second-order valence-electron chi connectivity index (χ2n) is 5.37. The molecule has 1 aliphatic carbocycles. The van der Waals surface area contributed by atoms with E-state index in [-0.39, 0.29) is 11.8 Å². The molecule has 1 saturated carbocycles. The summed E-state index contributed by atoms with van der Waals surface area (Å²) in [4.78, 5) is 11.1. The van der Waals surface area contributed by atoms with Crippen LogP contribution in [0.2, 0.25) is 0 Å². The Morgan fingerprint density at radius 2 is 2.17 bits per heavy atom.